The quantitative estimate of drug-likeness (QED) is 0.843. The largest absolute Gasteiger partial charge is 0.497 e. The van der Waals surface area contributed by atoms with E-state index in [2.05, 4.69) is 10.4 Å². The molecule has 1 N–H and O–H groups in total. The second kappa shape index (κ2) is 7.86. The van der Waals surface area contributed by atoms with Gasteiger partial charge in [-0.1, -0.05) is 6.07 Å². The summed E-state index contributed by atoms with van der Waals surface area (Å²) in [5.74, 6) is 1.18. The number of hydrogen-bond acceptors (Lipinski definition) is 4. The predicted molar refractivity (Wildman–Crippen MR) is 90.4 cm³/mol. The first kappa shape index (κ1) is 16.4. The van der Waals surface area contributed by atoms with Crippen molar-refractivity contribution in [2.75, 3.05) is 20.3 Å². The summed E-state index contributed by atoms with van der Waals surface area (Å²) >= 11 is 0. The zero-order valence-electron chi connectivity index (χ0n) is 14.0. The Morgan fingerprint density at radius 3 is 3.00 bits per heavy atom. The summed E-state index contributed by atoms with van der Waals surface area (Å²) in [5.41, 5.74) is 2.68. The minimum absolute atomic E-state index is 0.00954. The van der Waals surface area contributed by atoms with Crippen molar-refractivity contribution in [2.24, 2.45) is 0 Å². The smallest absolute Gasteiger partial charge is 0.258 e. The molecule has 1 aromatic carbocycles. The van der Waals surface area contributed by atoms with Crippen LogP contribution < -0.4 is 14.8 Å². The van der Waals surface area contributed by atoms with E-state index in [-0.39, 0.29) is 12.5 Å². The fourth-order valence-electron chi connectivity index (χ4n) is 2.94. The van der Waals surface area contributed by atoms with Gasteiger partial charge in [0.15, 0.2) is 6.61 Å². The number of carbonyl (C=O) groups is 1. The second-order valence-corrected chi connectivity index (χ2v) is 5.86. The number of hydrogen-bond donors (Lipinski definition) is 1. The van der Waals surface area contributed by atoms with Gasteiger partial charge in [0.1, 0.15) is 11.5 Å². The SMILES string of the molecule is COc1cccc(OCC(=O)NCCn2ncc3c2CCCC3)c1. The van der Waals surface area contributed by atoms with Gasteiger partial charge in [-0.3, -0.25) is 9.48 Å². The molecule has 0 spiro atoms. The van der Waals surface area contributed by atoms with E-state index in [4.69, 9.17) is 9.47 Å². The molecular weight excluding hydrogens is 306 g/mol. The van der Waals surface area contributed by atoms with Gasteiger partial charge in [-0.2, -0.15) is 5.10 Å². The van der Waals surface area contributed by atoms with Crippen molar-refractivity contribution in [2.45, 2.75) is 32.2 Å². The number of nitrogens with one attached hydrogen (secondary N) is 1. The van der Waals surface area contributed by atoms with Crippen LogP contribution in [0.3, 0.4) is 0 Å². The number of aryl methyl sites for hydroxylation is 1. The molecule has 1 aliphatic carbocycles. The summed E-state index contributed by atoms with van der Waals surface area (Å²) in [5, 5.41) is 7.30. The van der Waals surface area contributed by atoms with Crippen LogP contribution in [0.1, 0.15) is 24.1 Å². The Morgan fingerprint density at radius 2 is 2.12 bits per heavy atom. The van der Waals surface area contributed by atoms with Crippen LogP contribution >= 0.6 is 0 Å². The number of aromatic nitrogens is 2. The average Bonchev–Trinajstić information content (AvgIpc) is 3.03. The average molecular weight is 329 g/mol. The first-order valence-corrected chi connectivity index (χ1v) is 8.33. The third-order valence-electron chi connectivity index (χ3n) is 4.20. The molecule has 0 saturated heterocycles. The monoisotopic (exact) mass is 329 g/mol. The van der Waals surface area contributed by atoms with Crippen molar-refractivity contribution in [3.63, 3.8) is 0 Å². The molecular formula is C18H23N3O3. The number of rotatable bonds is 7. The standard InChI is InChI=1S/C18H23N3O3/c1-23-15-6-4-7-16(11-15)24-13-18(22)19-9-10-21-17-8-3-2-5-14(17)12-20-21/h4,6-7,11-12H,2-3,5,8-10,13H2,1H3,(H,19,22). The summed E-state index contributed by atoms with van der Waals surface area (Å²) in [4.78, 5) is 11.9. The Bertz CT molecular complexity index is 697. The van der Waals surface area contributed by atoms with Crippen LogP contribution in [-0.2, 0) is 24.2 Å². The van der Waals surface area contributed by atoms with E-state index < -0.39 is 0 Å². The molecule has 1 amide bonds. The number of benzene rings is 1. The molecule has 1 aliphatic rings. The first-order chi connectivity index (χ1) is 11.8. The third-order valence-corrected chi connectivity index (χ3v) is 4.20. The van der Waals surface area contributed by atoms with E-state index in [1.54, 1.807) is 19.2 Å². The summed E-state index contributed by atoms with van der Waals surface area (Å²) in [7, 11) is 1.60. The molecule has 2 aromatic rings. The van der Waals surface area contributed by atoms with E-state index in [0.29, 0.717) is 24.6 Å². The summed E-state index contributed by atoms with van der Waals surface area (Å²) in [6, 6.07) is 7.21. The lowest BCUT2D eigenvalue weighted by molar-refractivity contribution is -0.123. The highest BCUT2D eigenvalue weighted by molar-refractivity contribution is 5.77. The van der Waals surface area contributed by atoms with Gasteiger partial charge in [0.05, 0.1) is 19.9 Å². The topological polar surface area (TPSA) is 65.4 Å². The molecule has 0 saturated carbocycles. The molecule has 1 heterocycles. The van der Waals surface area contributed by atoms with Gasteiger partial charge in [0, 0.05) is 18.3 Å². The maximum atomic E-state index is 11.9. The highest BCUT2D eigenvalue weighted by Crippen LogP contribution is 2.20. The Balaban J connectivity index is 1.42. The van der Waals surface area contributed by atoms with Crippen LogP contribution in [0.2, 0.25) is 0 Å². The highest BCUT2D eigenvalue weighted by Gasteiger charge is 2.14. The van der Waals surface area contributed by atoms with Crippen LogP contribution in [-0.4, -0.2) is 35.9 Å². The Morgan fingerprint density at radius 1 is 1.29 bits per heavy atom. The maximum Gasteiger partial charge on any atom is 0.258 e. The van der Waals surface area contributed by atoms with Crippen molar-refractivity contribution in [3.05, 3.63) is 41.7 Å². The highest BCUT2D eigenvalue weighted by atomic mass is 16.5. The van der Waals surface area contributed by atoms with E-state index in [1.165, 1.54) is 24.1 Å². The molecule has 0 atom stereocenters. The van der Waals surface area contributed by atoms with Crippen LogP contribution in [0.25, 0.3) is 0 Å². The number of fused-ring (bicyclic) bond motifs is 1. The minimum atomic E-state index is -0.140. The van der Waals surface area contributed by atoms with Gasteiger partial charge in [0.2, 0.25) is 0 Å². The van der Waals surface area contributed by atoms with Gasteiger partial charge in [-0.05, 0) is 43.4 Å². The Kier molecular flexibility index (Phi) is 5.36. The van der Waals surface area contributed by atoms with Gasteiger partial charge in [0.25, 0.3) is 5.91 Å². The van der Waals surface area contributed by atoms with Gasteiger partial charge >= 0.3 is 0 Å². The number of carbonyl (C=O) groups excluding carboxylic acids is 1. The van der Waals surface area contributed by atoms with Crippen LogP contribution in [0.15, 0.2) is 30.5 Å². The summed E-state index contributed by atoms with van der Waals surface area (Å²) < 4.78 is 12.6. The van der Waals surface area contributed by atoms with Crippen molar-refractivity contribution >= 4 is 5.91 Å². The van der Waals surface area contributed by atoms with Crippen molar-refractivity contribution in [1.29, 1.82) is 0 Å². The van der Waals surface area contributed by atoms with Crippen molar-refractivity contribution < 1.29 is 14.3 Å². The number of amides is 1. The maximum absolute atomic E-state index is 11.9. The molecule has 1 aromatic heterocycles. The zero-order chi connectivity index (χ0) is 16.8. The lowest BCUT2D eigenvalue weighted by Gasteiger charge is -2.14. The lowest BCUT2D eigenvalue weighted by Crippen LogP contribution is -2.32. The van der Waals surface area contributed by atoms with E-state index in [0.717, 1.165) is 12.8 Å². The van der Waals surface area contributed by atoms with Gasteiger partial charge < -0.3 is 14.8 Å². The molecule has 3 rings (SSSR count). The molecule has 0 radical (unpaired) electrons. The molecule has 0 fully saturated rings. The fourth-order valence-corrected chi connectivity index (χ4v) is 2.94. The summed E-state index contributed by atoms with van der Waals surface area (Å²) in [6.07, 6.45) is 6.64. The summed E-state index contributed by atoms with van der Waals surface area (Å²) in [6.45, 7) is 1.24. The lowest BCUT2D eigenvalue weighted by atomic mass is 9.98. The molecule has 6 nitrogen and oxygen atoms in total. The zero-order valence-corrected chi connectivity index (χ0v) is 14.0. The predicted octanol–water partition coefficient (Wildman–Crippen LogP) is 1.97. The van der Waals surface area contributed by atoms with Crippen molar-refractivity contribution in [3.8, 4) is 11.5 Å². The van der Waals surface area contributed by atoms with Crippen molar-refractivity contribution in [1.82, 2.24) is 15.1 Å². The van der Waals surface area contributed by atoms with Crippen LogP contribution in [0, 0.1) is 0 Å². The Labute approximate surface area is 141 Å². The number of ether oxygens (including phenoxy) is 2. The van der Waals surface area contributed by atoms with Gasteiger partial charge in [-0.25, -0.2) is 0 Å². The molecule has 24 heavy (non-hydrogen) atoms. The third kappa shape index (κ3) is 4.07. The molecule has 6 heteroatoms. The molecule has 0 bridgehead atoms. The number of methoxy groups -OCH3 is 1. The minimum Gasteiger partial charge on any atom is -0.497 e. The molecule has 128 valence electrons. The number of nitrogens with zero attached hydrogens (tertiary/aromatic N) is 2. The van der Waals surface area contributed by atoms with E-state index >= 15 is 0 Å². The Hall–Kier alpha value is -2.50. The van der Waals surface area contributed by atoms with Crippen LogP contribution in [0.4, 0.5) is 0 Å². The fraction of sp³-hybridized carbons (Fsp3) is 0.444. The van der Waals surface area contributed by atoms with E-state index in [9.17, 15) is 4.79 Å². The van der Waals surface area contributed by atoms with Crippen LogP contribution in [0.5, 0.6) is 11.5 Å². The molecule has 0 aliphatic heterocycles. The van der Waals surface area contributed by atoms with Gasteiger partial charge in [-0.15, -0.1) is 0 Å². The molecule has 0 unspecified atom stereocenters. The second-order valence-electron chi connectivity index (χ2n) is 5.86. The first-order valence-electron chi connectivity index (χ1n) is 8.33. The van der Waals surface area contributed by atoms with E-state index in [1.807, 2.05) is 23.0 Å². The normalized spacial score (nSPS) is 13.2.